The molecule has 0 amide bonds. The number of esters is 1. The molecule has 0 aliphatic carbocycles. The Kier molecular flexibility index (Phi) is 5.71. The minimum Gasteiger partial charge on any atom is -0.493 e. The maximum absolute atomic E-state index is 11.6. The third-order valence-corrected chi connectivity index (χ3v) is 2.48. The molecule has 0 aliphatic rings. The van der Waals surface area contributed by atoms with Crippen LogP contribution in [0.1, 0.15) is 26.3 Å². The molecule has 0 bridgehead atoms. The van der Waals surface area contributed by atoms with Crippen LogP contribution < -0.4 is 4.74 Å². The summed E-state index contributed by atoms with van der Waals surface area (Å²) in [4.78, 5) is 21.8. The minimum absolute atomic E-state index is 0.0561. The lowest BCUT2D eigenvalue weighted by atomic mass is 10.1. The van der Waals surface area contributed by atoms with Crippen LogP contribution in [-0.2, 0) is 9.53 Å². The highest BCUT2D eigenvalue weighted by atomic mass is 16.6. The Bertz CT molecular complexity index is 536. The Hall–Kier alpha value is -2.37. The maximum Gasteiger partial charge on any atom is 0.333 e. The normalized spacial score (nSPS) is 11.1. The number of carbonyl (C=O) groups excluding carboxylic acids is 1. The van der Waals surface area contributed by atoms with Crippen LogP contribution in [0.4, 0.5) is 5.69 Å². The first kappa shape index (κ1) is 15.7. The van der Waals surface area contributed by atoms with Gasteiger partial charge in [0.1, 0.15) is 5.75 Å². The predicted octanol–water partition coefficient (Wildman–Crippen LogP) is 2.96. The first-order chi connectivity index (χ1) is 9.49. The molecular weight excluding hydrogens is 262 g/mol. The highest BCUT2D eigenvalue weighted by Crippen LogP contribution is 2.27. The number of non-ortho nitro benzene ring substituents is 1. The summed E-state index contributed by atoms with van der Waals surface area (Å²) < 4.78 is 10.2. The summed E-state index contributed by atoms with van der Waals surface area (Å²) in [7, 11) is 0. The largest absolute Gasteiger partial charge is 0.493 e. The van der Waals surface area contributed by atoms with Crippen LogP contribution in [0.3, 0.4) is 0 Å². The van der Waals surface area contributed by atoms with Gasteiger partial charge in [-0.2, -0.15) is 0 Å². The number of nitro benzene ring substituents is 1. The molecule has 0 saturated carbocycles. The third kappa shape index (κ3) is 4.08. The van der Waals surface area contributed by atoms with Gasteiger partial charge in [-0.1, -0.05) is 0 Å². The zero-order valence-electron chi connectivity index (χ0n) is 11.7. The second kappa shape index (κ2) is 7.28. The number of ether oxygens (including phenoxy) is 2. The van der Waals surface area contributed by atoms with Gasteiger partial charge < -0.3 is 9.47 Å². The van der Waals surface area contributed by atoms with E-state index in [0.717, 1.165) is 0 Å². The average molecular weight is 279 g/mol. The molecule has 0 atom stereocenters. The van der Waals surface area contributed by atoms with Crippen molar-refractivity contribution in [2.75, 3.05) is 13.2 Å². The molecule has 0 heterocycles. The van der Waals surface area contributed by atoms with E-state index in [1.807, 2.05) is 0 Å². The van der Waals surface area contributed by atoms with Crippen LogP contribution in [0.25, 0.3) is 6.08 Å². The van der Waals surface area contributed by atoms with Crippen LogP contribution in [0.15, 0.2) is 23.8 Å². The number of benzene rings is 1. The average Bonchev–Trinajstić information content (AvgIpc) is 2.40. The number of nitrogens with zero attached hydrogens (tertiary/aromatic N) is 1. The third-order valence-electron chi connectivity index (χ3n) is 2.48. The Balaban J connectivity index is 3.13. The molecule has 20 heavy (non-hydrogen) atoms. The van der Waals surface area contributed by atoms with Gasteiger partial charge in [-0.05, 0) is 32.9 Å². The first-order valence-electron chi connectivity index (χ1n) is 6.26. The molecule has 0 saturated heterocycles. The maximum atomic E-state index is 11.6. The highest BCUT2D eigenvalue weighted by Gasteiger charge is 2.12. The Morgan fingerprint density at radius 3 is 2.60 bits per heavy atom. The molecular formula is C14H17NO5. The predicted molar refractivity (Wildman–Crippen MR) is 74.5 cm³/mol. The standard InChI is InChI=1S/C14H17NO5/c1-4-19-13-9-12(15(17)18)7-6-11(13)8-10(3)14(16)20-5-2/h6-9H,4-5H2,1-3H3/b10-8+. The molecule has 108 valence electrons. The fourth-order valence-electron chi connectivity index (χ4n) is 1.57. The second-order valence-electron chi connectivity index (χ2n) is 3.96. The van der Waals surface area contributed by atoms with Gasteiger partial charge in [0.15, 0.2) is 0 Å². The summed E-state index contributed by atoms with van der Waals surface area (Å²) in [6, 6.07) is 4.26. The number of carbonyl (C=O) groups is 1. The first-order valence-corrected chi connectivity index (χ1v) is 6.26. The van der Waals surface area contributed by atoms with Crippen LogP contribution >= 0.6 is 0 Å². The van der Waals surface area contributed by atoms with Crippen molar-refractivity contribution in [1.82, 2.24) is 0 Å². The molecule has 0 N–H and O–H groups in total. The van der Waals surface area contributed by atoms with E-state index < -0.39 is 10.9 Å². The Morgan fingerprint density at radius 2 is 2.05 bits per heavy atom. The van der Waals surface area contributed by atoms with Crippen molar-refractivity contribution in [1.29, 1.82) is 0 Å². The fraction of sp³-hybridized carbons (Fsp3) is 0.357. The van der Waals surface area contributed by atoms with Gasteiger partial charge in [0.05, 0.1) is 24.2 Å². The molecule has 0 aliphatic heterocycles. The van der Waals surface area contributed by atoms with E-state index in [4.69, 9.17) is 9.47 Å². The van der Waals surface area contributed by atoms with Crippen LogP contribution in [0.5, 0.6) is 5.75 Å². The zero-order valence-corrected chi connectivity index (χ0v) is 11.7. The van der Waals surface area contributed by atoms with Gasteiger partial charge in [0, 0.05) is 17.2 Å². The summed E-state index contributed by atoms with van der Waals surface area (Å²) in [6.45, 7) is 5.80. The summed E-state index contributed by atoms with van der Waals surface area (Å²) >= 11 is 0. The zero-order chi connectivity index (χ0) is 15.1. The number of hydrogen-bond donors (Lipinski definition) is 0. The summed E-state index contributed by atoms with van der Waals surface area (Å²) in [6.07, 6.45) is 1.59. The van der Waals surface area contributed by atoms with E-state index >= 15 is 0 Å². The van der Waals surface area contributed by atoms with Gasteiger partial charge in [-0.3, -0.25) is 10.1 Å². The van der Waals surface area contributed by atoms with E-state index in [9.17, 15) is 14.9 Å². The topological polar surface area (TPSA) is 78.7 Å². The smallest absolute Gasteiger partial charge is 0.333 e. The molecule has 0 fully saturated rings. The lowest BCUT2D eigenvalue weighted by Crippen LogP contribution is -2.05. The molecule has 0 unspecified atom stereocenters. The van der Waals surface area contributed by atoms with Gasteiger partial charge in [0.2, 0.25) is 0 Å². The second-order valence-corrected chi connectivity index (χ2v) is 3.96. The quantitative estimate of drug-likeness (QED) is 0.346. The van der Waals surface area contributed by atoms with Crippen LogP contribution in [-0.4, -0.2) is 24.1 Å². The van der Waals surface area contributed by atoms with E-state index in [0.29, 0.717) is 30.1 Å². The van der Waals surface area contributed by atoms with Gasteiger partial charge in [0.25, 0.3) is 5.69 Å². The Morgan fingerprint density at radius 1 is 1.35 bits per heavy atom. The molecule has 1 rings (SSSR count). The van der Waals surface area contributed by atoms with E-state index in [-0.39, 0.29) is 5.69 Å². The van der Waals surface area contributed by atoms with Gasteiger partial charge in [-0.25, -0.2) is 4.79 Å². The molecule has 0 radical (unpaired) electrons. The summed E-state index contributed by atoms with van der Waals surface area (Å²) in [5, 5.41) is 10.7. The van der Waals surface area contributed by atoms with Crippen LogP contribution in [0, 0.1) is 10.1 Å². The molecule has 6 nitrogen and oxygen atoms in total. The lowest BCUT2D eigenvalue weighted by molar-refractivity contribution is -0.384. The van der Waals surface area contributed by atoms with Crippen molar-refractivity contribution in [2.45, 2.75) is 20.8 Å². The van der Waals surface area contributed by atoms with E-state index in [1.54, 1.807) is 32.9 Å². The fourth-order valence-corrected chi connectivity index (χ4v) is 1.57. The monoisotopic (exact) mass is 279 g/mol. The summed E-state index contributed by atoms with van der Waals surface area (Å²) in [5.74, 6) is -0.0568. The van der Waals surface area contributed by atoms with Crippen molar-refractivity contribution in [3.05, 3.63) is 39.4 Å². The molecule has 0 aromatic heterocycles. The van der Waals surface area contributed by atoms with Crippen molar-refractivity contribution in [3.63, 3.8) is 0 Å². The SMILES string of the molecule is CCOC(=O)/C(C)=C/c1ccc([N+](=O)[O-])cc1OCC. The van der Waals surface area contributed by atoms with E-state index in [1.165, 1.54) is 12.1 Å². The number of rotatable bonds is 6. The molecule has 6 heteroatoms. The van der Waals surface area contributed by atoms with Crippen molar-refractivity contribution >= 4 is 17.7 Å². The van der Waals surface area contributed by atoms with Crippen molar-refractivity contribution in [2.24, 2.45) is 0 Å². The number of hydrogen-bond acceptors (Lipinski definition) is 5. The van der Waals surface area contributed by atoms with Gasteiger partial charge in [-0.15, -0.1) is 0 Å². The molecule has 0 spiro atoms. The van der Waals surface area contributed by atoms with Crippen LogP contribution in [0.2, 0.25) is 0 Å². The lowest BCUT2D eigenvalue weighted by Gasteiger charge is -2.08. The molecule has 1 aromatic carbocycles. The van der Waals surface area contributed by atoms with Crippen molar-refractivity contribution in [3.8, 4) is 5.75 Å². The number of nitro groups is 1. The van der Waals surface area contributed by atoms with Gasteiger partial charge >= 0.3 is 5.97 Å². The van der Waals surface area contributed by atoms with E-state index in [2.05, 4.69) is 0 Å². The minimum atomic E-state index is -0.492. The highest BCUT2D eigenvalue weighted by molar-refractivity contribution is 5.93. The Labute approximate surface area is 117 Å². The van der Waals surface area contributed by atoms with Crippen molar-refractivity contribution < 1.29 is 19.2 Å². The summed E-state index contributed by atoms with van der Waals surface area (Å²) in [5.41, 5.74) is 0.948. The molecule has 1 aromatic rings.